The highest BCUT2D eigenvalue weighted by Crippen LogP contribution is 2.29. The molecule has 0 amide bonds. The summed E-state index contributed by atoms with van der Waals surface area (Å²) in [6.45, 7) is 2.40. The van der Waals surface area contributed by atoms with Crippen molar-refractivity contribution in [1.29, 1.82) is 0 Å². The van der Waals surface area contributed by atoms with E-state index in [2.05, 4.69) is 4.18 Å². The summed E-state index contributed by atoms with van der Waals surface area (Å²) in [6.07, 6.45) is -5.13. The van der Waals surface area contributed by atoms with Crippen molar-refractivity contribution in [2.45, 2.75) is 44.7 Å². The number of rotatable bonds is 6. The van der Waals surface area contributed by atoms with Gasteiger partial charge in [0.05, 0.1) is 12.7 Å². The van der Waals surface area contributed by atoms with Gasteiger partial charge in [-0.3, -0.25) is 4.55 Å². The lowest BCUT2D eigenvalue weighted by molar-refractivity contribution is -0.300. The Hall–Kier alpha value is -0.330. The molecule has 10 heteroatoms. The van der Waals surface area contributed by atoms with Crippen LogP contribution >= 0.6 is 0 Å². The van der Waals surface area contributed by atoms with Crippen LogP contribution in [-0.4, -0.2) is 67.8 Å². The molecule has 0 bridgehead atoms. The van der Waals surface area contributed by atoms with E-state index in [0.717, 1.165) is 0 Å². The van der Waals surface area contributed by atoms with E-state index >= 15 is 0 Å². The first kappa shape index (κ1) is 17.7. The smallest absolute Gasteiger partial charge is 0.390 e. The summed E-state index contributed by atoms with van der Waals surface area (Å²) in [5.41, 5.74) is 0. The van der Waals surface area contributed by atoms with E-state index in [1.165, 1.54) is 14.0 Å². The Morgan fingerprint density at radius 1 is 1.40 bits per heavy atom. The maximum Gasteiger partial charge on any atom is 0.397 e. The summed E-state index contributed by atoms with van der Waals surface area (Å²) in [5.74, 6) is -0.467. The minimum Gasteiger partial charge on any atom is -0.390 e. The maximum atomic E-state index is 10.6. The van der Waals surface area contributed by atoms with Gasteiger partial charge in [0.1, 0.15) is 12.2 Å². The normalized spacial score (nSPS) is 36.8. The molecule has 0 aromatic rings. The van der Waals surface area contributed by atoms with Gasteiger partial charge in [-0.25, -0.2) is 4.18 Å². The highest BCUT2D eigenvalue weighted by molar-refractivity contribution is 7.80. The van der Waals surface area contributed by atoms with Gasteiger partial charge in [0.25, 0.3) is 0 Å². The van der Waals surface area contributed by atoms with Gasteiger partial charge in [0.2, 0.25) is 0 Å². The van der Waals surface area contributed by atoms with Crippen molar-refractivity contribution in [2.75, 3.05) is 13.7 Å². The van der Waals surface area contributed by atoms with Crippen LogP contribution in [0.3, 0.4) is 0 Å². The molecule has 0 saturated carbocycles. The van der Waals surface area contributed by atoms with Crippen molar-refractivity contribution < 1.29 is 41.6 Å². The zero-order valence-electron chi connectivity index (χ0n) is 11.4. The Morgan fingerprint density at radius 3 is 2.45 bits per heavy atom. The van der Waals surface area contributed by atoms with Crippen LogP contribution in [0.25, 0.3) is 0 Å². The highest BCUT2D eigenvalue weighted by atomic mass is 32.3. The van der Waals surface area contributed by atoms with Gasteiger partial charge in [-0.2, -0.15) is 8.42 Å². The molecule has 1 fully saturated rings. The molecule has 20 heavy (non-hydrogen) atoms. The Labute approximate surface area is 117 Å². The Morgan fingerprint density at radius 2 is 2.00 bits per heavy atom. The van der Waals surface area contributed by atoms with E-state index in [4.69, 9.17) is 18.8 Å². The fourth-order valence-corrected chi connectivity index (χ4v) is 2.31. The minimum absolute atomic E-state index is 0.467. The van der Waals surface area contributed by atoms with Crippen molar-refractivity contribution in [1.82, 2.24) is 0 Å². The molecule has 0 spiro atoms. The standard InChI is InChI=1S/C10H20O9S/c1-5-8(12)9(18-6(2)11)7(19-10(5)16-3)4-17-20(13,14)15/h5-12H,4H2,1-3H3,(H,13,14,15)/t5-,6-,7?,8?,9+,10+/m0/s1. The van der Waals surface area contributed by atoms with Gasteiger partial charge in [-0.1, -0.05) is 6.92 Å². The van der Waals surface area contributed by atoms with Crippen molar-refractivity contribution >= 4 is 10.4 Å². The fraction of sp³-hybridized carbons (Fsp3) is 1.00. The van der Waals surface area contributed by atoms with Gasteiger partial charge >= 0.3 is 10.4 Å². The second kappa shape index (κ2) is 7.09. The Kier molecular flexibility index (Phi) is 6.28. The number of hydrogen-bond acceptors (Lipinski definition) is 8. The fourth-order valence-electron chi connectivity index (χ4n) is 2.01. The van der Waals surface area contributed by atoms with E-state index in [0.29, 0.717) is 0 Å². The van der Waals surface area contributed by atoms with E-state index in [1.54, 1.807) is 6.92 Å². The second-order valence-corrected chi connectivity index (χ2v) is 5.63. The first-order chi connectivity index (χ1) is 9.15. The summed E-state index contributed by atoms with van der Waals surface area (Å²) in [7, 11) is -3.29. The van der Waals surface area contributed by atoms with Crippen LogP contribution < -0.4 is 0 Å². The molecule has 0 aliphatic carbocycles. The summed E-state index contributed by atoms with van der Waals surface area (Å²) in [4.78, 5) is 0. The number of ether oxygens (including phenoxy) is 3. The number of aliphatic hydroxyl groups is 2. The highest BCUT2D eigenvalue weighted by Gasteiger charge is 2.45. The first-order valence-corrected chi connectivity index (χ1v) is 7.34. The first-order valence-electron chi connectivity index (χ1n) is 5.97. The van der Waals surface area contributed by atoms with E-state index in [9.17, 15) is 18.6 Å². The predicted octanol–water partition coefficient (Wildman–Crippen LogP) is -1.10. The summed E-state index contributed by atoms with van der Waals surface area (Å²) >= 11 is 0. The van der Waals surface area contributed by atoms with Crippen LogP contribution in [0.4, 0.5) is 0 Å². The lowest BCUT2D eigenvalue weighted by atomic mass is 9.92. The van der Waals surface area contributed by atoms with E-state index < -0.39 is 53.8 Å². The topological polar surface area (TPSA) is 132 Å². The molecule has 2 unspecified atom stereocenters. The van der Waals surface area contributed by atoms with Gasteiger partial charge in [0, 0.05) is 13.0 Å². The molecule has 9 nitrogen and oxygen atoms in total. The lowest BCUT2D eigenvalue weighted by Crippen LogP contribution is -2.57. The molecule has 0 radical (unpaired) electrons. The monoisotopic (exact) mass is 316 g/mol. The van der Waals surface area contributed by atoms with Crippen LogP contribution in [0.2, 0.25) is 0 Å². The summed E-state index contributed by atoms with van der Waals surface area (Å²) in [5, 5.41) is 19.4. The molecule has 1 rings (SSSR count). The lowest BCUT2D eigenvalue weighted by Gasteiger charge is -2.42. The molecule has 120 valence electrons. The third-order valence-electron chi connectivity index (χ3n) is 2.95. The quantitative estimate of drug-likeness (QED) is 0.412. The summed E-state index contributed by atoms with van der Waals surface area (Å²) < 4.78 is 49.5. The van der Waals surface area contributed by atoms with Gasteiger partial charge in [0.15, 0.2) is 12.6 Å². The zero-order valence-corrected chi connectivity index (χ0v) is 12.2. The van der Waals surface area contributed by atoms with E-state index in [1.807, 2.05) is 0 Å². The molecular weight excluding hydrogens is 296 g/mol. The number of aliphatic hydroxyl groups excluding tert-OH is 2. The van der Waals surface area contributed by atoms with Crippen molar-refractivity contribution in [2.24, 2.45) is 5.92 Å². The van der Waals surface area contributed by atoms with E-state index in [-0.39, 0.29) is 0 Å². The maximum absolute atomic E-state index is 10.6. The SMILES string of the molecule is CO[C@@H]1OC(COS(=O)(=O)O)[C@@H](O[C@@H](C)O)C(O)[C@@H]1C. The minimum atomic E-state index is -4.65. The Bertz CT molecular complexity index is 396. The molecule has 6 atom stereocenters. The van der Waals surface area contributed by atoms with Gasteiger partial charge in [-0.15, -0.1) is 0 Å². The number of methoxy groups -OCH3 is 1. The average molecular weight is 316 g/mol. The van der Waals surface area contributed by atoms with Crippen LogP contribution in [0.15, 0.2) is 0 Å². The van der Waals surface area contributed by atoms with Crippen LogP contribution in [0.5, 0.6) is 0 Å². The molecule has 3 N–H and O–H groups in total. The second-order valence-electron chi connectivity index (χ2n) is 4.54. The Balaban J connectivity index is 2.83. The molecule has 1 saturated heterocycles. The largest absolute Gasteiger partial charge is 0.397 e. The molecule has 1 aliphatic rings. The van der Waals surface area contributed by atoms with Crippen LogP contribution in [0, 0.1) is 5.92 Å². The van der Waals surface area contributed by atoms with Crippen molar-refractivity contribution in [3.05, 3.63) is 0 Å². The van der Waals surface area contributed by atoms with Gasteiger partial charge in [-0.05, 0) is 6.92 Å². The molecule has 1 aliphatic heterocycles. The molecule has 0 aromatic heterocycles. The number of hydrogen-bond donors (Lipinski definition) is 3. The van der Waals surface area contributed by atoms with Crippen LogP contribution in [0.1, 0.15) is 13.8 Å². The van der Waals surface area contributed by atoms with Crippen molar-refractivity contribution in [3.8, 4) is 0 Å². The van der Waals surface area contributed by atoms with Gasteiger partial charge < -0.3 is 24.4 Å². The third kappa shape index (κ3) is 4.90. The average Bonchev–Trinajstić information content (AvgIpc) is 2.32. The molecule has 1 heterocycles. The zero-order chi connectivity index (χ0) is 15.5. The predicted molar refractivity (Wildman–Crippen MR) is 64.9 cm³/mol. The third-order valence-corrected chi connectivity index (χ3v) is 3.38. The molecule has 0 aromatic carbocycles. The van der Waals surface area contributed by atoms with Crippen LogP contribution in [-0.2, 0) is 28.8 Å². The van der Waals surface area contributed by atoms with Crippen molar-refractivity contribution in [3.63, 3.8) is 0 Å². The summed E-state index contributed by atoms with van der Waals surface area (Å²) in [6, 6.07) is 0. The molecular formula is C10H20O9S.